The normalized spacial score (nSPS) is 10.4. The van der Waals surface area contributed by atoms with Gasteiger partial charge in [0.05, 0.1) is 12.8 Å². The van der Waals surface area contributed by atoms with Crippen molar-refractivity contribution in [1.29, 1.82) is 0 Å². The maximum absolute atomic E-state index is 5.86. The minimum Gasteiger partial charge on any atom is -0.495 e. The van der Waals surface area contributed by atoms with Crippen molar-refractivity contribution in [1.82, 2.24) is 15.1 Å². The molecule has 100 valence electrons. The predicted octanol–water partition coefficient (Wildman–Crippen LogP) is 2.39. The topological polar surface area (TPSA) is 87.1 Å². The SMILES string of the molecule is COc1ccc(-c2nc(-c3ccncc3)no2)cc1N. The van der Waals surface area contributed by atoms with Crippen LogP contribution in [0.1, 0.15) is 0 Å². The first-order chi connectivity index (χ1) is 9.78. The van der Waals surface area contributed by atoms with Gasteiger partial charge in [0, 0.05) is 23.5 Å². The Bertz CT molecular complexity index is 725. The van der Waals surface area contributed by atoms with Crippen molar-refractivity contribution < 1.29 is 9.26 Å². The fourth-order valence-electron chi connectivity index (χ4n) is 1.83. The van der Waals surface area contributed by atoms with Gasteiger partial charge in [0.2, 0.25) is 5.82 Å². The first-order valence-electron chi connectivity index (χ1n) is 5.96. The summed E-state index contributed by atoms with van der Waals surface area (Å²) in [7, 11) is 1.57. The smallest absolute Gasteiger partial charge is 0.258 e. The molecular formula is C14H12N4O2. The molecule has 0 bridgehead atoms. The minimum atomic E-state index is 0.408. The Labute approximate surface area is 115 Å². The summed E-state index contributed by atoms with van der Waals surface area (Å²) >= 11 is 0. The van der Waals surface area contributed by atoms with E-state index in [1.807, 2.05) is 18.2 Å². The number of nitrogens with zero attached hydrogens (tertiary/aromatic N) is 3. The van der Waals surface area contributed by atoms with Gasteiger partial charge in [-0.3, -0.25) is 4.98 Å². The van der Waals surface area contributed by atoms with Crippen LogP contribution < -0.4 is 10.5 Å². The fourth-order valence-corrected chi connectivity index (χ4v) is 1.83. The second-order valence-corrected chi connectivity index (χ2v) is 4.12. The summed E-state index contributed by atoms with van der Waals surface area (Å²) in [5, 5.41) is 3.95. The van der Waals surface area contributed by atoms with E-state index in [4.69, 9.17) is 15.0 Å². The van der Waals surface area contributed by atoms with E-state index in [0.717, 1.165) is 11.1 Å². The largest absolute Gasteiger partial charge is 0.495 e. The Morgan fingerprint density at radius 2 is 1.90 bits per heavy atom. The lowest BCUT2D eigenvalue weighted by atomic mass is 10.2. The van der Waals surface area contributed by atoms with Crippen molar-refractivity contribution in [3.63, 3.8) is 0 Å². The van der Waals surface area contributed by atoms with Crippen molar-refractivity contribution in [3.05, 3.63) is 42.7 Å². The molecule has 0 saturated heterocycles. The molecule has 1 aromatic carbocycles. The van der Waals surface area contributed by atoms with Gasteiger partial charge in [0.15, 0.2) is 0 Å². The Morgan fingerprint density at radius 1 is 1.10 bits per heavy atom. The molecule has 0 aliphatic heterocycles. The summed E-state index contributed by atoms with van der Waals surface area (Å²) in [5.74, 6) is 1.53. The Hall–Kier alpha value is -2.89. The number of rotatable bonds is 3. The lowest BCUT2D eigenvalue weighted by Gasteiger charge is -2.04. The summed E-state index contributed by atoms with van der Waals surface area (Å²) in [4.78, 5) is 8.30. The van der Waals surface area contributed by atoms with Crippen LogP contribution in [0.4, 0.5) is 5.69 Å². The molecule has 3 aromatic rings. The average molecular weight is 268 g/mol. The molecule has 0 spiro atoms. The number of aromatic nitrogens is 3. The summed E-state index contributed by atoms with van der Waals surface area (Å²) in [6.45, 7) is 0. The molecule has 0 unspecified atom stereocenters. The van der Waals surface area contributed by atoms with Gasteiger partial charge < -0.3 is 15.0 Å². The summed E-state index contributed by atoms with van der Waals surface area (Å²) in [6.07, 6.45) is 3.35. The molecule has 0 fully saturated rings. The van der Waals surface area contributed by atoms with Gasteiger partial charge in [-0.15, -0.1) is 0 Å². The molecular weight excluding hydrogens is 256 g/mol. The molecule has 0 amide bonds. The van der Waals surface area contributed by atoms with Crippen LogP contribution in [0.15, 0.2) is 47.2 Å². The van der Waals surface area contributed by atoms with E-state index < -0.39 is 0 Å². The zero-order chi connectivity index (χ0) is 13.9. The van der Waals surface area contributed by atoms with E-state index in [1.165, 1.54) is 0 Å². The number of anilines is 1. The first-order valence-corrected chi connectivity index (χ1v) is 5.96. The number of pyridine rings is 1. The van der Waals surface area contributed by atoms with Crippen LogP contribution >= 0.6 is 0 Å². The van der Waals surface area contributed by atoms with Crippen molar-refractivity contribution in [2.45, 2.75) is 0 Å². The van der Waals surface area contributed by atoms with Crippen LogP contribution in [-0.2, 0) is 0 Å². The minimum absolute atomic E-state index is 0.408. The van der Waals surface area contributed by atoms with Crippen LogP contribution in [0.2, 0.25) is 0 Å². The van der Waals surface area contributed by atoms with Gasteiger partial charge >= 0.3 is 0 Å². The number of methoxy groups -OCH3 is 1. The molecule has 2 heterocycles. The molecule has 20 heavy (non-hydrogen) atoms. The molecule has 3 rings (SSSR count). The number of hydrogen-bond donors (Lipinski definition) is 1. The Kier molecular flexibility index (Phi) is 3.04. The first kappa shape index (κ1) is 12.2. The molecule has 0 aliphatic carbocycles. The van der Waals surface area contributed by atoms with Gasteiger partial charge in [0.25, 0.3) is 5.89 Å². The Balaban J connectivity index is 1.96. The maximum Gasteiger partial charge on any atom is 0.258 e. The molecule has 0 aliphatic rings. The standard InChI is InChI=1S/C14H12N4O2/c1-19-12-3-2-10(8-11(12)15)14-17-13(18-20-14)9-4-6-16-7-5-9/h2-8H,15H2,1H3. The number of hydrogen-bond acceptors (Lipinski definition) is 6. The highest BCUT2D eigenvalue weighted by molar-refractivity contribution is 5.66. The predicted molar refractivity (Wildman–Crippen MR) is 73.9 cm³/mol. The van der Waals surface area contributed by atoms with Crippen molar-refractivity contribution in [2.24, 2.45) is 0 Å². The van der Waals surface area contributed by atoms with Crippen LogP contribution in [-0.4, -0.2) is 22.2 Å². The zero-order valence-corrected chi connectivity index (χ0v) is 10.8. The molecule has 2 aromatic heterocycles. The molecule has 0 saturated carbocycles. The van der Waals surface area contributed by atoms with E-state index >= 15 is 0 Å². The van der Waals surface area contributed by atoms with Crippen LogP contribution in [0.25, 0.3) is 22.8 Å². The third-order valence-corrected chi connectivity index (χ3v) is 2.84. The fraction of sp³-hybridized carbons (Fsp3) is 0.0714. The van der Waals surface area contributed by atoms with Gasteiger partial charge in [-0.2, -0.15) is 4.98 Å². The Morgan fingerprint density at radius 3 is 2.60 bits per heavy atom. The second kappa shape index (κ2) is 5.00. The highest BCUT2D eigenvalue weighted by atomic mass is 16.5. The summed E-state index contributed by atoms with van der Waals surface area (Å²) in [6, 6.07) is 8.96. The van der Waals surface area contributed by atoms with Gasteiger partial charge in [0.1, 0.15) is 5.75 Å². The van der Waals surface area contributed by atoms with E-state index in [2.05, 4.69) is 15.1 Å². The zero-order valence-electron chi connectivity index (χ0n) is 10.8. The van der Waals surface area contributed by atoms with Crippen molar-refractivity contribution in [3.8, 4) is 28.6 Å². The van der Waals surface area contributed by atoms with E-state index in [1.54, 1.807) is 31.6 Å². The van der Waals surface area contributed by atoms with Crippen LogP contribution in [0.5, 0.6) is 5.75 Å². The maximum atomic E-state index is 5.86. The quantitative estimate of drug-likeness (QED) is 0.734. The third-order valence-electron chi connectivity index (χ3n) is 2.84. The van der Waals surface area contributed by atoms with Crippen molar-refractivity contribution in [2.75, 3.05) is 12.8 Å². The average Bonchev–Trinajstić information content (AvgIpc) is 2.98. The third kappa shape index (κ3) is 2.18. The van der Waals surface area contributed by atoms with Gasteiger partial charge in [-0.05, 0) is 30.3 Å². The highest BCUT2D eigenvalue weighted by Crippen LogP contribution is 2.28. The molecule has 6 nitrogen and oxygen atoms in total. The molecule has 0 radical (unpaired) electrons. The van der Waals surface area contributed by atoms with E-state index in [9.17, 15) is 0 Å². The van der Waals surface area contributed by atoms with Gasteiger partial charge in [-0.25, -0.2) is 0 Å². The number of ether oxygens (including phenoxy) is 1. The summed E-state index contributed by atoms with van der Waals surface area (Å²) < 4.78 is 10.4. The summed E-state index contributed by atoms with van der Waals surface area (Å²) in [5.41, 5.74) is 7.98. The number of nitrogens with two attached hydrogens (primary N) is 1. The molecule has 6 heteroatoms. The van der Waals surface area contributed by atoms with Gasteiger partial charge in [-0.1, -0.05) is 5.16 Å². The lowest BCUT2D eigenvalue weighted by molar-refractivity contribution is 0.416. The van der Waals surface area contributed by atoms with Crippen LogP contribution in [0, 0.1) is 0 Å². The molecule has 0 atom stereocenters. The molecule has 2 N–H and O–H groups in total. The monoisotopic (exact) mass is 268 g/mol. The lowest BCUT2D eigenvalue weighted by Crippen LogP contribution is -1.92. The van der Waals surface area contributed by atoms with E-state index in [0.29, 0.717) is 23.2 Å². The number of nitrogen functional groups attached to an aromatic ring is 1. The number of benzene rings is 1. The highest BCUT2D eigenvalue weighted by Gasteiger charge is 2.11. The van der Waals surface area contributed by atoms with E-state index in [-0.39, 0.29) is 0 Å². The van der Waals surface area contributed by atoms with Crippen LogP contribution in [0.3, 0.4) is 0 Å². The van der Waals surface area contributed by atoms with Crippen molar-refractivity contribution >= 4 is 5.69 Å². The second-order valence-electron chi connectivity index (χ2n) is 4.12.